The highest BCUT2D eigenvalue weighted by Crippen LogP contribution is 2.31. The van der Waals surface area contributed by atoms with E-state index in [1.54, 1.807) is 12.1 Å². The van der Waals surface area contributed by atoms with Crippen molar-refractivity contribution >= 4 is 22.6 Å². The number of benzene rings is 2. The van der Waals surface area contributed by atoms with Crippen LogP contribution >= 0.6 is 22.6 Å². The van der Waals surface area contributed by atoms with Gasteiger partial charge in [-0.05, 0) is 77.9 Å². The maximum Gasteiger partial charge on any atom is 0.128 e. The highest BCUT2D eigenvalue weighted by Gasteiger charge is 2.21. The van der Waals surface area contributed by atoms with E-state index in [1.165, 1.54) is 12.1 Å². The van der Waals surface area contributed by atoms with Crippen LogP contribution in [-0.4, -0.2) is 6.54 Å². The van der Waals surface area contributed by atoms with Crippen molar-refractivity contribution in [2.45, 2.75) is 26.8 Å². The number of halogens is 3. The molecule has 0 aliphatic rings. The Morgan fingerprint density at radius 3 is 2.43 bits per heavy atom. The summed E-state index contributed by atoms with van der Waals surface area (Å²) in [4.78, 5) is 0. The average molecular weight is 401 g/mol. The predicted molar refractivity (Wildman–Crippen MR) is 90.5 cm³/mol. The molecule has 0 aliphatic carbocycles. The first kappa shape index (κ1) is 16.4. The lowest BCUT2D eigenvalue weighted by Crippen LogP contribution is -2.25. The summed E-state index contributed by atoms with van der Waals surface area (Å²) in [5, 5.41) is 3.31. The molecule has 0 aliphatic heterocycles. The standard InChI is InChI=1S/C17H18F2IN/c1-4-21-17(13-6-5-12(18)9-15(13)20)16-11(3)7-10(2)8-14(16)19/h5-9,17,21H,4H2,1-3H3. The third kappa shape index (κ3) is 3.61. The Kier molecular flexibility index (Phi) is 5.32. The van der Waals surface area contributed by atoms with Gasteiger partial charge in [-0.2, -0.15) is 0 Å². The minimum absolute atomic E-state index is 0.224. The van der Waals surface area contributed by atoms with Gasteiger partial charge in [-0.1, -0.05) is 19.1 Å². The zero-order chi connectivity index (χ0) is 15.6. The molecule has 0 radical (unpaired) electrons. The second kappa shape index (κ2) is 6.83. The summed E-state index contributed by atoms with van der Waals surface area (Å²) >= 11 is 2.10. The van der Waals surface area contributed by atoms with E-state index in [0.29, 0.717) is 12.1 Å². The van der Waals surface area contributed by atoms with Gasteiger partial charge in [0.1, 0.15) is 11.6 Å². The molecule has 0 saturated carbocycles. The Balaban J connectivity index is 2.59. The summed E-state index contributed by atoms with van der Waals surface area (Å²) in [6.07, 6.45) is 0. The molecule has 2 aromatic carbocycles. The van der Waals surface area contributed by atoms with E-state index in [2.05, 4.69) is 27.9 Å². The Hall–Kier alpha value is -1.01. The molecule has 4 heteroatoms. The van der Waals surface area contributed by atoms with Crippen LogP contribution in [-0.2, 0) is 0 Å². The Morgan fingerprint density at radius 2 is 1.86 bits per heavy atom. The van der Waals surface area contributed by atoms with Gasteiger partial charge in [0.15, 0.2) is 0 Å². The summed E-state index contributed by atoms with van der Waals surface area (Å²) in [6, 6.07) is 7.86. The normalized spacial score (nSPS) is 12.5. The van der Waals surface area contributed by atoms with Gasteiger partial charge < -0.3 is 5.32 Å². The molecular formula is C17H18F2IN. The summed E-state index contributed by atoms with van der Waals surface area (Å²) in [5.74, 6) is -0.502. The monoisotopic (exact) mass is 401 g/mol. The second-order valence-electron chi connectivity index (χ2n) is 5.13. The van der Waals surface area contributed by atoms with E-state index in [0.717, 1.165) is 20.3 Å². The number of aryl methyl sites for hydroxylation is 2. The fourth-order valence-electron chi connectivity index (χ4n) is 2.60. The van der Waals surface area contributed by atoms with Crippen molar-refractivity contribution in [1.29, 1.82) is 0 Å². The van der Waals surface area contributed by atoms with E-state index < -0.39 is 0 Å². The summed E-state index contributed by atoms with van der Waals surface area (Å²) in [7, 11) is 0. The van der Waals surface area contributed by atoms with Gasteiger partial charge in [-0.25, -0.2) is 8.78 Å². The van der Waals surface area contributed by atoms with Crippen LogP contribution in [0.25, 0.3) is 0 Å². The molecule has 0 spiro atoms. The fraction of sp³-hybridized carbons (Fsp3) is 0.294. The fourth-order valence-corrected chi connectivity index (χ4v) is 3.39. The van der Waals surface area contributed by atoms with Gasteiger partial charge in [-0.15, -0.1) is 0 Å². The smallest absolute Gasteiger partial charge is 0.128 e. The van der Waals surface area contributed by atoms with Crippen LogP contribution in [0.5, 0.6) is 0 Å². The maximum atomic E-state index is 14.5. The highest BCUT2D eigenvalue weighted by atomic mass is 127. The Labute approximate surface area is 137 Å². The summed E-state index contributed by atoms with van der Waals surface area (Å²) < 4.78 is 28.6. The van der Waals surface area contributed by atoms with Crippen LogP contribution in [0, 0.1) is 29.1 Å². The molecule has 0 saturated heterocycles. The lowest BCUT2D eigenvalue weighted by Gasteiger charge is -2.23. The van der Waals surface area contributed by atoms with Gasteiger partial charge in [0, 0.05) is 9.13 Å². The van der Waals surface area contributed by atoms with Crippen LogP contribution in [0.3, 0.4) is 0 Å². The van der Waals surface area contributed by atoms with Crippen LogP contribution in [0.4, 0.5) is 8.78 Å². The van der Waals surface area contributed by atoms with E-state index in [4.69, 9.17) is 0 Å². The van der Waals surface area contributed by atoms with Crippen molar-refractivity contribution in [2.24, 2.45) is 0 Å². The Morgan fingerprint density at radius 1 is 1.14 bits per heavy atom. The minimum atomic E-state index is -0.278. The SMILES string of the molecule is CCNC(c1ccc(F)cc1I)c1c(C)cc(C)cc1F. The van der Waals surface area contributed by atoms with Crippen molar-refractivity contribution in [3.8, 4) is 0 Å². The first-order chi connectivity index (χ1) is 9.93. The molecule has 1 unspecified atom stereocenters. The molecule has 21 heavy (non-hydrogen) atoms. The molecule has 0 fully saturated rings. The van der Waals surface area contributed by atoms with Gasteiger partial charge in [0.05, 0.1) is 6.04 Å². The van der Waals surface area contributed by atoms with Crippen molar-refractivity contribution in [3.63, 3.8) is 0 Å². The number of hydrogen-bond donors (Lipinski definition) is 1. The topological polar surface area (TPSA) is 12.0 Å². The third-order valence-electron chi connectivity index (χ3n) is 3.45. The molecule has 2 rings (SSSR count). The third-order valence-corrected chi connectivity index (χ3v) is 4.39. The lowest BCUT2D eigenvalue weighted by molar-refractivity contribution is 0.552. The molecule has 1 N–H and O–H groups in total. The van der Waals surface area contributed by atoms with E-state index in [-0.39, 0.29) is 17.7 Å². The zero-order valence-electron chi connectivity index (χ0n) is 12.3. The number of hydrogen-bond acceptors (Lipinski definition) is 1. The largest absolute Gasteiger partial charge is 0.306 e. The van der Waals surface area contributed by atoms with Crippen LogP contribution in [0.15, 0.2) is 30.3 Å². The van der Waals surface area contributed by atoms with Crippen LogP contribution in [0.1, 0.15) is 35.2 Å². The van der Waals surface area contributed by atoms with Gasteiger partial charge >= 0.3 is 0 Å². The molecular weight excluding hydrogens is 383 g/mol. The zero-order valence-corrected chi connectivity index (χ0v) is 14.5. The lowest BCUT2D eigenvalue weighted by atomic mass is 9.93. The quantitative estimate of drug-likeness (QED) is 0.720. The molecule has 0 amide bonds. The van der Waals surface area contributed by atoms with E-state index >= 15 is 0 Å². The van der Waals surface area contributed by atoms with Crippen molar-refractivity contribution < 1.29 is 8.78 Å². The molecule has 0 heterocycles. The number of rotatable bonds is 4. The molecule has 0 aromatic heterocycles. The predicted octanol–water partition coefficient (Wildman–Crippen LogP) is 4.89. The first-order valence-corrected chi connectivity index (χ1v) is 7.97. The average Bonchev–Trinajstić information content (AvgIpc) is 2.37. The van der Waals surface area contributed by atoms with Crippen molar-refractivity contribution in [3.05, 3.63) is 67.8 Å². The molecule has 0 bridgehead atoms. The second-order valence-corrected chi connectivity index (χ2v) is 6.30. The maximum absolute atomic E-state index is 14.5. The van der Waals surface area contributed by atoms with Crippen LogP contribution in [0.2, 0.25) is 0 Å². The summed E-state index contributed by atoms with van der Waals surface area (Å²) in [6.45, 7) is 6.46. The molecule has 2 aromatic rings. The van der Waals surface area contributed by atoms with E-state index in [9.17, 15) is 8.78 Å². The highest BCUT2D eigenvalue weighted by molar-refractivity contribution is 14.1. The van der Waals surface area contributed by atoms with Crippen LogP contribution < -0.4 is 5.32 Å². The number of nitrogens with one attached hydrogen (secondary N) is 1. The van der Waals surface area contributed by atoms with Gasteiger partial charge in [0.25, 0.3) is 0 Å². The van der Waals surface area contributed by atoms with Gasteiger partial charge in [-0.3, -0.25) is 0 Å². The first-order valence-electron chi connectivity index (χ1n) is 6.89. The van der Waals surface area contributed by atoms with Crippen molar-refractivity contribution in [1.82, 2.24) is 5.32 Å². The molecule has 112 valence electrons. The Bertz CT molecular complexity index is 632. The summed E-state index contributed by atoms with van der Waals surface area (Å²) in [5.41, 5.74) is 3.33. The minimum Gasteiger partial charge on any atom is -0.306 e. The van der Waals surface area contributed by atoms with E-state index in [1.807, 2.05) is 26.8 Å². The van der Waals surface area contributed by atoms with Crippen molar-refractivity contribution in [2.75, 3.05) is 6.54 Å². The van der Waals surface area contributed by atoms with Gasteiger partial charge in [0.2, 0.25) is 0 Å². The molecule has 1 atom stereocenters. The molecule has 1 nitrogen and oxygen atoms in total.